The van der Waals surface area contributed by atoms with Crippen LogP contribution in [0, 0.1) is 0 Å². The smallest absolute Gasteiger partial charge is 0.248 e. The summed E-state index contributed by atoms with van der Waals surface area (Å²) in [7, 11) is 0. The van der Waals surface area contributed by atoms with Gasteiger partial charge in [-0.25, -0.2) is 15.0 Å². The Kier molecular flexibility index (Phi) is 7.47. The van der Waals surface area contributed by atoms with E-state index in [4.69, 9.17) is 15.0 Å². The lowest BCUT2D eigenvalue weighted by molar-refractivity contribution is 1.07. The first kappa shape index (κ1) is 35.9. The summed E-state index contributed by atoms with van der Waals surface area (Å²) in [5, 5.41) is 7.60. The minimum atomic E-state index is 0.0674. The van der Waals surface area contributed by atoms with Gasteiger partial charge in [0, 0.05) is 94.3 Å². The Morgan fingerprint density at radius 2 is 0.892 bits per heavy atom. The van der Waals surface area contributed by atoms with E-state index in [1.165, 1.54) is 93.7 Å². The van der Waals surface area contributed by atoms with E-state index >= 15 is 0 Å². The molecule has 0 radical (unpaired) electrons. The van der Waals surface area contributed by atoms with Gasteiger partial charge in [-0.05, 0) is 101 Å². The van der Waals surface area contributed by atoms with Crippen LogP contribution in [0.1, 0.15) is 0 Å². The van der Waals surface area contributed by atoms with E-state index in [-0.39, 0.29) is 6.71 Å². The van der Waals surface area contributed by atoms with E-state index in [2.05, 4.69) is 187 Å². The van der Waals surface area contributed by atoms with Crippen LogP contribution in [0.2, 0.25) is 0 Å². The van der Waals surface area contributed by atoms with E-state index in [9.17, 15) is 0 Å². The Morgan fingerprint density at radius 3 is 1.62 bits per heavy atom. The second-order valence-corrected chi connectivity index (χ2v) is 20.3. The zero-order valence-corrected chi connectivity index (χ0v) is 36.9. The van der Waals surface area contributed by atoms with E-state index in [0.717, 1.165) is 28.1 Å². The predicted molar refractivity (Wildman–Crippen MR) is 280 cm³/mol. The molecule has 0 atom stereocenters. The summed E-state index contributed by atoms with van der Waals surface area (Å²) < 4.78 is 7.73. The van der Waals surface area contributed by atoms with Gasteiger partial charge in [0.25, 0.3) is 0 Å². The topological polar surface area (TPSA) is 41.9 Å². The third-order valence-corrected chi connectivity index (χ3v) is 16.9. The number of benzene rings is 9. The van der Waals surface area contributed by atoms with Gasteiger partial charge >= 0.3 is 0 Å². The number of fused-ring (bicyclic) bond motifs is 14. The molecule has 4 aromatic heterocycles. The lowest BCUT2D eigenvalue weighted by atomic mass is 9.37. The predicted octanol–water partition coefficient (Wildman–Crippen LogP) is 14.3. The minimum absolute atomic E-state index is 0.0674. The summed E-state index contributed by atoms with van der Waals surface area (Å²) in [6, 6.07) is 68.9. The second-order valence-electron chi connectivity index (χ2n) is 17.1. The molecule has 2 aliphatic heterocycles. The molecule has 300 valence electrons. The number of aromatic nitrogens is 3. The molecule has 6 heterocycles. The highest BCUT2D eigenvalue weighted by molar-refractivity contribution is 7.26. The van der Waals surface area contributed by atoms with Gasteiger partial charge in [0.1, 0.15) is 0 Å². The van der Waals surface area contributed by atoms with Crippen molar-refractivity contribution in [1.82, 2.24) is 15.0 Å². The molecule has 4 nitrogen and oxygen atoms in total. The molecule has 0 bridgehead atoms. The summed E-state index contributed by atoms with van der Waals surface area (Å²) in [5.74, 6) is 1.95. The van der Waals surface area contributed by atoms with E-state index in [1.54, 1.807) is 0 Å². The van der Waals surface area contributed by atoms with Gasteiger partial charge in [-0.15, -0.1) is 34.0 Å². The summed E-state index contributed by atoms with van der Waals surface area (Å²) in [4.78, 5) is 18.5. The number of nitrogens with zero attached hydrogens (tertiary/aromatic N) is 4. The molecule has 65 heavy (non-hydrogen) atoms. The standard InChI is InChI=1S/C57H31BN4S3/c1-2-12-32(13-3-1)55-59-56(33-22-24-51-40(26-33)37-15-5-9-19-48(37)63-51)61-57(60-55)34-27-43-36-14-4-8-18-44(36)58-45-31-53-42(39-17-7-11-21-50(39)65-53)30-46(45)62(47(28-34)54(43)58)35-23-25-52-41(29-35)38-16-6-10-20-49(38)64-52/h1-31H. The molecule has 8 heteroatoms. The second kappa shape index (κ2) is 13.5. The van der Waals surface area contributed by atoms with Crippen molar-refractivity contribution in [2.75, 3.05) is 4.90 Å². The highest BCUT2D eigenvalue weighted by Crippen LogP contribution is 2.47. The summed E-state index contributed by atoms with van der Waals surface area (Å²) in [6.45, 7) is 0.0674. The van der Waals surface area contributed by atoms with Crippen LogP contribution in [-0.2, 0) is 0 Å². The van der Waals surface area contributed by atoms with Crippen LogP contribution in [0.5, 0.6) is 0 Å². The molecule has 0 spiro atoms. The maximum Gasteiger partial charge on any atom is 0.248 e. The maximum atomic E-state index is 5.41. The third-order valence-electron chi connectivity index (χ3n) is 13.5. The highest BCUT2D eigenvalue weighted by Gasteiger charge is 2.43. The average molecular weight is 879 g/mol. The normalized spacial score (nSPS) is 12.9. The van der Waals surface area contributed by atoms with Crippen LogP contribution >= 0.6 is 34.0 Å². The minimum Gasteiger partial charge on any atom is -0.311 e. The first-order valence-corrected chi connectivity index (χ1v) is 24.3. The van der Waals surface area contributed by atoms with E-state index < -0.39 is 0 Å². The molecule has 0 N–H and O–H groups in total. The molecule has 15 rings (SSSR count). The van der Waals surface area contributed by atoms with Gasteiger partial charge in [0.2, 0.25) is 6.71 Å². The van der Waals surface area contributed by atoms with Crippen molar-refractivity contribution < 1.29 is 0 Å². The molecule has 0 saturated heterocycles. The first-order chi connectivity index (χ1) is 32.2. The Labute approximate surface area is 385 Å². The lowest BCUT2D eigenvalue weighted by Crippen LogP contribution is -2.54. The van der Waals surface area contributed by atoms with Gasteiger partial charge < -0.3 is 4.90 Å². The summed E-state index contributed by atoms with van der Waals surface area (Å²) in [5.41, 5.74) is 12.8. The zero-order valence-electron chi connectivity index (χ0n) is 34.5. The molecule has 2 aliphatic rings. The number of thiophene rings is 3. The van der Waals surface area contributed by atoms with Crippen LogP contribution < -0.4 is 21.3 Å². The van der Waals surface area contributed by atoms with Crippen molar-refractivity contribution in [3.63, 3.8) is 0 Å². The van der Waals surface area contributed by atoms with Crippen LogP contribution in [0.3, 0.4) is 0 Å². The van der Waals surface area contributed by atoms with Gasteiger partial charge in [-0.3, -0.25) is 0 Å². The van der Waals surface area contributed by atoms with Crippen molar-refractivity contribution in [3.05, 3.63) is 188 Å². The Bertz CT molecular complexity index is 4170. The van der Waals surface area contributed by atoms with Gasteiger partial charge in [-0.1, -0.05) is 115 Å². The number of rotatable bonds is 4. The average Bonchev–Trinajstić information content (AvgIpc) is 4.12. The van der Waals surface area contributed by atoms with Crippen molar-refractivity contribution in [2.24, 2.45) is 0 Å². The fourth-order valence-corrected chi connectivity index (χ4v) is 13.9. The molecular formula is C57H31BN4S3. The third kappa shape index (κ3) is 5.27. The SMILES string of the molecule is c1ccc(-c2nc(-c3cc4c5c(c3)N(c3ccc6sc7ccccc7c6c3)c3cc6c(cc3B5c3ccccc3-4)sc3ccccc36)nc(-c3ccc4sc5ccccc5c4c3)n2)cc1. The molecular weight excluding hydrogens is 848 g/mol. The zero-order chi connectivity index (χ0) is 42.3. The molecule has 0 unspecified atom stereocenters. The van der Waals surface area contributed by atoms with Crippen molar-refractivity contribution in [3.8, 4) is 45.3 Å². The van der Waals surface area contributed by atoms with Crippen LogP contribution in [0.25, 0.3) is 106 Å². The van der Waals surface area contributed by atoms with Crippen molar-refractivity contribution in [2.45, 2.75) is 0 Å². The molecule has 0 aliphatic carbocycles. The number of anilines is 3. The molecule has 13 aromatic rings. The lowest BCUT2D eigenvalue weighted by Gasteiger charge is -2.36. The number of hydrogen-bond donors (Lipinski definition) is 0. The Morgan fingerprint density at radius 1 is 0.338 bits per heavy atom. The molecule has 0 saturated carbocycles. The highest BCUT2D eigenvalue weighted by atomic mass is 32.1. The largest absolute Gasteiger partial charge is 0.311 e. The van der Waals surface area contributed by atoms with Crippen LogP contribution in [0.4, 0.5) is 17.1 Å². The Balaban J connectivity index is 1.01. The monoisotopic (exact) mass is 878 g/mol. The quantitative estimate of drug-likeness (QED) is 0.165. The first-order valence-electron chi connectivity index (χ1n) is 21.9. The molecule has 9 aromatic carbocycles. The van der Waals surface area contributed by atoms with E-state index in [0.29, 0.717) is 17.5 Å². The fourth-order valence-electron chi connectivity index (χ4n) is 10.6. The van der Waals surface area contributed by atoms with Crippen molar-refractivity contribution >= 4 is 135 Å². The van der Waals surface area contributed by atoms with Crippen LogP contribution in [-0.4, -0.2) is 21.7 Å². The van der Waals surface area contributed by atoms with Crippen molar-refractivity contribution in [1.29, 1.82) is 0 Å². The van der Waals surface area contributed by atoms with Crippen LogP contribution in [0.15, 0.2) is 188 Å². The van der Waals surface area contributed by atoms with E-state index in [1.807, 2.05) is 40.1 Å². The maximum absolute atomic E-state index is 5.41. The van der Waals surface area contributed by atoms with Gasteiger partial charge in [0.05, 0.1) is 0 Å². The number of hydrogen-bond acceptors (Lipinski definition) is 7. The molecule has 0 amide bonds. The summed E-state index contributed by atoms with van der Waals surface area (Å²) >= 11 is 5.57. The summed E-state index contributed by atoms with van der Waals surface area (Å²) in [6.07, 6.45) is 0. The Hall–Kier alpha value is -7.49. The van der Waals surface area contributed by atoms with Gasteiger partial charge in [-0.2, -0.15) is 0 Å². The van der Waals surface area contributed by atoms with Gasteiger partial charge in [0.15, 0.2) is 17.5 Å². The molecule has 0 fully saturated rings. The fraction of sp³-hybridized carbons (Fsp3) is 0.